The van der Waals surface area contributed by atoms with Gasteiger partial charge in [-0.05, 0) is 25.1 Å². The summed E-state index contributed by atoms with van der Waals surface area (Å²) in [4.78, 5) is 0. The summed E-state index contributed by atoms with van der Waals surface area (Å²) in [6, 6.07) is 6.07. The Kier molecular flexibility index (Phi) is 3.15. The largest absolute Gasteiger partial charge is 0.494 e. The summed E-state index contributed by atoms with van der Waals surface area (Å²) in [5.74, 6) is 1.97. The van der Waals surface area contributed by atoms with Gasteiger partial charge in [-0.1, -0.05) is 22.6 Å². The van der Waals surface area contributed by atoms with Crippen molar-refractivity contribution in [2.45, 2.75) is 19.4 Å². The number of benzene rings is 1. The topological polar surface area (TPSA) is 18.5 Å². The molecule has 0 aliphatic carbocycles. The van der Waals surface area contributed by atoms with E-state index in [4.69, 9.17) is 9.47 Å². The number of rotatable bonds is 3. The van der Waals surface area contributed by atoms with Gasteiger partial charge in [-0.25, -0.2) is 0 Å². The highest BCUT2D eigenvalue weighted by Gasteiger charge is 2.21. The smallest absolute Gasteiger partial charge is 0.123 e. The van der Waals surface area contributed by atoms with E-state index in [0.717, 1.165) is 29.0 Å². The van der Waals surface area contributed by atoms with Crippen molar-refractivity contribution in [2.24, 2.45) is 0 Å². The molecule has 0 saturated heterocycles. The van der Waals surface area contributed by atoms with Gasteiger partial charge in [0, 0.05) is 16.4 Å². The molecule has 0 unspecified atom stereocenters. The lowest BCUT2D eigenvalue weighted by Crippen LogP contribution is -2.13. The zero-order valence-electron chi connectivity index (χ0n) is 8.13. The lowest BCUT2D eigenvalue weighted by Gasteiger charge is -2.05. The average molecular weight is 304 g/mol. The number of hydrogen-bond acceptors (Lipinski definition) is 2. The number of hydrogen-bond donors (Lipinski definition) is 0. The van der Waals surface area contributed by atoms with Crippen LogP contribution in [-0.2, 0) is 6.42 Å². The summed E-state index contributed by atoms with van der Waals surface area (Å²) in [5.41, 5.74) is 1.28. The lowest BCUT2D eigenvalue weighted by atomic mass is 10.1. The molecular formula is C11H13IO2. The molecular weight excluding hydrogens is 291 g/mol. The molecule has 2 rings (SSSR count). The van der Waals surface area contributed by atoms with Crippen LogP contribution in [0.25, 0.3) is 0 Å². The summed E-state index contributed by atoms with van der Waals surface area (Å²) in [5, 5.41) is 0. The third-order valence-electron chi connectivity index (χ3n) is 2.26. The second-order valence-electron chi connectivity index (χ2n) is 3.30. The van der Waals surface area contributed by atoms with Crippen LogP contribution in [0.15, 0.2) is 18.2 Å². The van der Waals surface area contributed by atoms with Crippen molar-refractivity contribution in [1.82, 2.24) is 0 Å². The molecule has 0 radical (unpaired) electrons. The first kappa shape index (κ1) is 10.1. The molecule has 0 spiro atoms. The molecule has 0 bridgehead atoms. The number of halogens is 1. The van der Waals surface area contributed by atoms with E-state index < -0.39 is 0 Å². The van der Waals surface area contributed by atoms with Gasteiger partial charge in [0.25, 0.3) is 0 Å². The predicted molar refractivity (Wildman–Crippen MR) is 64.6 cm³/mol. The molecule has 1 aromatic rings. The highest BCUT2D eigenvalue weighted by atomic mass is 127. The van der Waals surface area contributed by atoms with Crippen LogP contribution in [0, 0.1) is 0 Å². The quantitative estimate of drug-likeness (QED) is 0.631. The zero-order valence-corrected chi connectivity index (χ0v) is 10.3. The summed E-state index contributed by atoms with van der Waals surface area (Å²) in [6.07, 6.45) is 1.36. The fraction of sp³-hybridized carbons (Fsp3) is 0.455. The van der Waals surface area contributed by atoms with E-state index in [1.54, 1.807) is 0 Å². The minimum atomic E-state index is 0.350. The molecule has 14 heavy (non-hydrogen) atoms. The van der Waals surface area contributed by atoms with Crippen LogP contribution in [0.2, 0.25) is 0 Å². The molecule has 1 aliphatic rings. The predicted octanol–water partition coefficient (Wildman–Crippen LogP) is 2.82. The van der Waals surface area contributed by atoms with E-state index in [9.17, 15) is 0 Å². The Morgan fingerprint density at radius 3 is 3.14 bits per heavy atom. The maximum absolute atomic E-state index is 5.73. The number of fused-ring (bicyclic) bond motifs is 1. The third-order valence-corrected chi connectivity index (χ3v) is 3.24. The summed E-state index contributed by atoms with van der Waals surface area (Å²) in [6.45, 7) is 2.72. The van der Waals surface area contributed by atoms with Gasteiger partial charge in [0.15, 0.2) is 0 Å². The van der Waals surface area contributed by atoms with Crippen LogP contribution in [0.5, 0.6) is 11.5 Å². The van der Waals surface area contributed by atoms with Crippen molar-refractivity contribution in [2.75, 3.05) is 11.0 Å². The Labute approximate surface area is 97.7 Å². The molecule has 0 amide bonds. The van der Waals surface area contributed by atoms with Gasteiger partial charge in [0.05, 0.1) is 6.61 Å². The van der Waals surface area contributed by atoms with Crippen LogP contribution in [-0.4, -0.2) is 17.1 Å². The maximum Gasteiger partial charge on any atom is 0.123 e. The first-order valence-electron chi connectivity index (χ1n) is 4.82. The van der Waals surface area contributed by atoms with Crippen LogP contribution in [0.3, 0.4) is 0 Å². The van der Waals surface area contributed by atoms with Crippen LogP contribution >= 0.6 is 22.6 Å². The second-order valence-corrected chi connectivity index (χ2v) is 4.18. The van der Waals surface area contributed by atoms with Gasteiger partial charge >= 0.3 is 0 Å². The van der Waals surface area contributed by atoms with Crippen molar-refractivity contribution >= 4 is 22.6 Å². The molecule has 3 heteroatoms. The second kappa shape index (κ2) is 4.38. The van der Waals surface area contributed by atoms with Gasteiger partial charge in [0.1, 0.15) is 17.6 Å². The number of alkyl halides is 1. The Morgan fingerprint density at radius 1 is 1.57 bits per heavy atom. The van der Waals surface area contributed by atoms with Crippen molar-refractivity contribution in [3.63, 3.8) is 0 Å². The normalized spacial score (nSPS) is 18.9. The maximum atomic E-state index is 5.73. The van der Waals surface area contributed by atoms with E-state index in [1.165, 1.54) is 5.56 Å². The van der Waals surface area contributed by atoms with Crippen LogP contribution in [0.1, 0.15) is 12.5 Å². The SMILES string of the molecule is CCOc1ccc2c(c1)C[C@H](CI)O2. The fourth-order valence-corrected chi connectivity index (χ4v) is 2.13. The van der Waals surface area contributed by atoms with Crippen molar-refractivity contribution in [3.8, 4) is 11.5 Å². The summed E-state index contributed by atoms with van der Waals surface area (Å²) >= 11 is 2.36. The molecule has 0 saturated carbocycles. The summed E-state index contributed by atoms with van der Waals surface area (Å²) < 4.78 is 12.2. The third kappa shape index (κ3) is 1.97. The van der Waals surface area contributed by atoms with Crippen molar-refractivity contribution in [3.05, 3.63) is 23.8 Å². The van der Waals surface area contributed by atoms with Crippen LogP contribution in [0.4, 0.5) is 0 Å². The molecule has 0 aromatic heterocycles. The van der Waals surface area contributed by atoms with E-state index in [-0.39, 0.29) is 0 Å². The highest BCUT2D eigenvalue weighted by molar-refractivity contribution is 14.1. The number of ether oxygens (including phenoxy) is 2. The standard InChI is InChI=1S/C11H13IO2/c1-2-13-9-3-4-11-8(5-9)6-10(7-12)14-11/h3-5,10H,2,6-7H2,1H3/t10-/m1/s1. The van der Waals surface area contributed by atoms with Gasteiger partial charge in [0.2, 0.25) is 0 Å². The van der Waals surface area contributed by atoms with Crippen molar-refractivity contribution < 1.29 is 9.47 Å². The Hall–Kier alpha value is -0.450. The Bertz CT molecular complexity index is 325. The van der Waals surface area contributed by atoms with Crippen LogP contribution < -0.4 is 9.47 Å². The molecule has 0 N–H and O–H groups in total. The molecule has 76 valence electrons. The summed E-state index contributed by atoms with van der Waals surface area (Å²) in [7, 11) is 0. The van der Waals surface area contributed by atoms with Gasteiger partial charge in [-0.3, -0.25) is 0 Å². The lowest BCUT2D eigenvalue weighted by molar-refractivity contribution is 0.262. The molecule has 1 atom stereocenters. The first-order valence-corrected chi connectivity index (χ1v) is 6.34. The van der Waals surface area contributed by atoms with Crippen molar-refractivity contribution in [1.29, 1.82) is 0 Å². The van der Waals surface area contributed by atoms with Gasteiger partial charge in [-0.2, -0.15) is 0 Å². The highest BCUT2D eigenvalue weighted by Crippen LogP contribution is 2.32. The molecule has 1 heterocycles. The van der Waals surface area contributed by atoms with E-state index in [0.29, 0.717) is 6.10 Å². The Morgan fingerprint density at radius 2 is 2.43 bits per heavy atom. The monoisotopic (exact) mass is 304 g/mol. The minimum Gasteiger partial charge on any atom is -0.494 e. The minimum absolute atomic E-state index is 0.350. The van der Waals surface area contributed by atoms with E-state index in [2.05, 4.69) is 28.7 Å². The van der Waals surface area contributed by atoms with E-state index in [1.807, 2.05) is 19.1 Å². The Balaban J connectivity index is 2.17. The molecule has 1 aromatic carbocycles. The molecule has 2 nitrogen and oxygen atoms in total. The first-order chi connectivity index (χ1) is 6.83. The molecule has 0 fully saturated rings. The fourth-order valence-electron chi connectivity index (χ4n) is 1.64. The average Bonchev–Trinajstić information content (AvgIpc) is 2.60. The zero-order chi connectivity index (χ0) is 9.97. The van der Waals surface area contributed by atoms with E-state index >= 15 is 0 Å². The van der Waals surface area contributed by atoms with Gasteiger partial charge in [-0.15, -0.1) is 0 Å². The molecule has 1 aliphatic heterocycles. The van der Waals surface area contributed by atoms with Gasteiger partial charge < -0.3 is 9.47 Å².